The van der Waals surface area contributed by atoms with Gasteiger partial charge in [-0.1, -0.05) is 0 Å². The molecule has 6 nitrogen and oxygen atoms in total. The SMILES string of the molecule is Cc1cc(C(=O)N(C)C(C)(C)CC(=O)O)ncn1. The molecule has 0 atom stereocenters. The first-order chi connectivity index (χ1) is 8.24. The molecule has 0 bridgehead atoms. The number of carboxylic acid groups (broad SMARTS) is 1. The Morgan fingerprint density at radius 2 is 2.00 bits per heavy atom. The Morgan fingerprint density at radius 3 is 2.50 bits per heavy atom. The fourth-order valence-electron chi connectivity index (χ4n) is 1.51. The molecule has 1 rings (SSSR count). The van der Waals surface area contributed by atoms with E-state index < -0.39 is 11.5 Å². The van der Waals surface area contributed by atoms with Crippen molar-refractivity contribution in [2.45, 2.75) is 32.7 Å². The number of aliphatic carboxylic acids is 1. The van der Waals surface area contributed by atoms with E-state index in [1.54, 1.807) is 33.9 Å². The quantitative estimate of drug-likeness (QED) is 0.866. The molecule has 0 aliphatic carbocycles. The highest BCUT2D eigenvalue weighted by Gasteiger charge is 2.31. The standard InChI is InChI=1S/C12H17N3O3/c1-8-5-9(14-7-13-8)11(18)15(4)12(2,3)6-10(16)17/h5,7H,6H2,1-4H3,(H,16,17). The largest absolute Gasteiger partial charge is 0.481 e. The van der Waals surface area contributed by atoms with E-state index in [1.807, 2.05) is 0 Å². The second-order valence-corrected chi connectivity index (χ2v) is 4.79. The maximum absolute atomic E-state index is 12.2. The van der Waals surface area contributed by atoms with Crippen LogP contribution in [0, 0.1) is 6.92 Å². The summed E-state index contributed by atoms with van der Waals surface area (Å²) in [5.41, 5.74) is 0.183. The zero-order valence-corrected chi connectivity index (χ0v) is 11.0. The lowest BCUT2D eigenvalue weighted by molar-refractivity contribution is -0.139. The number of carboxylic acids is 1. The normalized spacial score (nSPS) is 11.1. The fourth-order valence-corrected chi connectivity index (χ4v) is 1.51. The fraction of sp³-hybridized carbons (Fsp3) is 0.500. The number of hydrogen-bond acceptors (Lipinski definition) is 4. The van der Waals surface area contributed by atoms with E-state index in [1.165, 1.54) is 11.2 Å². The van der Waals surface area contributed by atoms with Gasteiger partial charge in [-0.2, -0.15) is 0 Å². The number of carbonyl (C=O) groups excluding carboxylic acids is 1. The average molecular weight is 251 g/mol. The van der Waals surface area contributed by atoms with Crippen molar-refractivity contribution >= 4 is 11.9 Å². The molecule has 18 heavy (non-hydrogen) atoms. The molecule has 0 aliphatic rings. The van der Waals surface area contributed by atoms with Gasteiger partial charge in [0.2, 0.25) is 0 Å². The van der Waals surface area contributed by atoms with Crippen molar-refractivity contribution in [1.82, 2.24) is 14.9 Å². The minimum atomic E-state index is -0.946. The Morgan fingerprint density at radius 1 is 1.39 bits per heavy atom. The van der Waals surface area contributed by atoms with Gasteiger partial charge in [0, 0.05) is 18.3 Å². The van der Waals surface area contributed by atoms with Crippen molar-refractivity contribution in [3.63, 3.8) is 0 Å². The first-order valence-corrected chi connectivity index (χ1v) is 5.52. The number of aryl methyl sites for hydroxylation is 1. The van der Waals surface area contributed by atoms with Crippen LogP contribution in [0.2, 0.25) is 0 Å². The van der Waals surface area contributed by atoms with E-state index >= 15 is 0 Å². The Kier molecular flexibility index (Phi) is 4.00. The maximum Gasteiger partial charge on any atom is 0.305 e. The molecule has 98 valence electrons. The molecule has 1 aromatic heterocycles. The van der Waals surface area contributed by atoms with Crippen LogP contribution in [0.15, 0.2) is 12.4 Å². The Hall–Kier alpha value is -1.98. The van der Waals surface area contributed by atoms with Crippen LogP contribution in [0.5, 0.6) is 0 Å². The van der Waals surface area contributed by atoms with Crippen LogP contribution in [0.4, 0.5) is 0 Å². The van der Waals surface area contributed by atoms with Crippen LogP contribution >= 0.6 is 0 Å². The number of aromatic nitrogens is 2. The Labute approximate surface area is 106 Å². The van der Waals surface area contributed by atoms with Crippen molar-refractivity contribution < 1.29 is 14.7 Å². The molecule has 0 aliphatic heterocycles. The number of amides is 1. The molecule has 1 heterocycles. The molecular formula is C12H17N3O3. The smallest absolute Gasteiger partial charge is 0.305 e. The third-order valence-corrected chi connectivity index (χ3v) is 2.82. The van der Waals surface area contributed by atoms with Gasteiger partial charge in [-0.05, 0) is 26.8 Å². The van der Waals surface area contributed by atoms with E-state index in [-0.39, 0.29) is 18.0 Å². The Bertz CT molecular complexity index is 471. The van der Waals surface area contributed by atoms with Crippen molar-refractivity contribution in [1.29, 1.82) is 0 Å². The van der Waals surface area contributed by atoms with Gasteiger partial charge in [0.05, 0.1) is 6.42 Å². The summed E-state index contributed by atoms with van der Waals surface area (Å²) in [7, 11) is 1.57. The molecule has 1 N–H and O–H groups in total. The van der Waals surface area contributed by atoms with Crippen LogP contribution in [-0.2, 0) is 4.79 Å². The highest BCUT2D eigenvalue weighted by molar-refractivity contribution is 5.93. The Balaban J connectivity index is 2.93. The first kappa shape index (κ1) is 14.1. The van der Waals surface area contributed by atoms with Crippen LogP contribution in [0.25, 0.3) is 0 Å². The van der Waals surface area contributed by atoms with Crippen molar-refractivity contribution in [2.75, 3.05) is 7.05 Å². The molecular weight excluding hydrogens is 234 g/mol. The lowest BCUT2D eigenvalue weighted by Crippen LogP contribution is -2.46. The minimum Gasteiger partial charge on any atom is -0.481 e. The summed E-state index contributed by atoms with van der Waals surface area (Å²) in [6.07, 6.45) is 1.19. The van der Waals surface area contributed by atoms with E-state index in [0.29, 0.717) is 5.69 Å². The second-order valence-electron chi connectivity index (χ2n) is 4.79. The van der Waals surface area contributed by atoms with E-state index in [9.17, 15) is 9.59 Å². The maximum atomic E-state index is 12.2. The highest BCUT2D eigenvalue weighted by Crippen LogP contribution is 2.19. The summed E-state index contributed by atoms with van der Waals surface area (Å²) < 4.78 is 0. The highest BCUT2D eigenvalue weighted by atomic mass is 16.4. The summed E-state index contributed by atoms with van der Waals surface area (Å²) >= 11 is 0. The predicted octanol–water partition coefficient (Wildman–Crippen LogP) is 1.11. The lowest BCUT2D eigenvalue weighted by atomic mass is 9.98. The third-order valence-electron chi connectivity index (χ3n) is 2.82. The van der Waals surface area contributed by atoms with Gasteiger partial charge in [-0.15, -0.1) is 0 Å². The van der Waals surface area contributed by atoms with Crippen LogP contribution in [-0.4, -0.2) is 44.4 Å². The van der Waals surface area contributed by atoms with Gasteiger partial charge in [0.15, 0.2) is 0 Å². The van der Waals surface area contributed by atoms with Crippen molar-refractivity contribution in [2.24, 2.45) is 0 Å². The predicted molar refractivity (Wildman–Crippen MR) is 65.2 cm³/mol. The van der Waals surface area contributed by atoms with Gasteiger partial charge in [0.25, 0.3) is 5.91 Å². The molecule has 1 amide bonds. The zero-order valence-electron chi connectivity index (χ0n) is 11.0. The second kappa shape index (κ2) is 5.12. The summed E-state index contributed by atoms with van der Waals surface area (Å²) in [6, 6.07) is 1.58. The molecule has 0 fully saturated rings. The molecule has 0 unspecified atom stereocenters. The summed E-state index contributed by atoms with van der Waals surface area (Å²) in [5, 5.41) is 8.83. The van der Waals surface area contributed by atoms with Gasteiger partial charge >= 0.3 is 5.97 Å². The van der Waals surface area contributed by atoms with E-state index in [2.05, 4.69) is 9.97 Å². The number of rotatable bonds is 4. The molecule has 1 aromatic rings. The topological polar surface area (TPSA) is 83.4 Å². The van der Waals surface area contributed by atoms with Crippen LogP contribution in [0.3, 0.4) is 0 Å². The van der Waals surface area contributed by atoms with Crippen LogP contribution < -0.4 is 0 Å². The van der Waals surface area contributed by atoms with E-state index in [4.69, 9.17) is 5.11 Å². The molecule has 0 saturated heterocycles. The summed E-state index contributed by atoms with van der Waals surface area (Å²) in [6.45, 7) is 5.17. The lowest BCUT2D eigenvalue weighted by Gasteiger charge is -2.34. The first-order valence-electron chi connectivity index (χ1n) is 5.52. The average Bonchev–Trinajstić information content (AvgIpc) is 2.25. The van der Waals surface area contributed by atoms with Crippen molar-refractivity contribution in [3.8, 4) is 0 Å². The van der Waals surface area contributed by atoms with Gasteiger partial charge in [-0.3, -0.25) is 9.59 Å². The summed E-state index contributed by atoms with van der Waals surface area (Å²) in [4.78, 5) is 32.1. The third kappa shape index (κ3) is 3.26. The molecule has 0 radical (unpaired) electrons. The number of carbonyl (C=O) groups is 2. The van der Waals surface area contributed by atoms with Gasteiger partial charge in [0.1, 0.15) is 12.0 Å². The number of hydrogen-bond donors (Lipinski definition) is 1. The molecule has 6 heteroatoms. The zero-order chi connectivity index (χ0) is 13.9. The van der Waals surface area contributed by atoms with Crippen molar-refractivity contribution in [3.05, 3.63) is 23.8 Å². The summed E-state index contributed by atoms with van der Waals surface area (Å²) in [5.74, 6) is -1.26. The van der Waals surface area contributed by atoms with E-state index in [0.717, 1.165) is 0 Å². The molecule has 0 saturated carbocycles. The van der Waals surface area contributed by atoms with Crippen LogP contribution in [0.1, 0.15) is 36.5 Å². The molecule has 0 aromatic carbocycles. The monoisotopic (exact) mass is 251 g/mol. The van der Waals surface area contributed by atoms with Gasteiger partial charge in [-0.25, -0.2) is 9.97 Å². The minimum absolute atomic E-state index is 0.126. The van der Waals surface area contributed by atoms with Gasteiger partial charge < -0.3 is 10.0 Å². The number of nitrogens with zero attached hydrogens (tertiary/aromatic N) is 3. The molecule has 0 spiro atoms.